The molecule has 2 aromatic heterocycles. The number of benzene rings is 1. The van der Waals surface area contributed by atoms with E-state index >= 15 is 0 Å². The molecule has 1 aromatic carbocycles. The Kier molecular flexibility index (Phi) is 5.49. The minimum Gasteiger partial charge on any atom is -0.505 e. The molecule has 35 heavy (non-hydrogen) atoms. The number of aromatic hydroxyl groups is 1. The predicted molar refractivity (Wildman–Crippen MR) is 139 cm³/mol. The topological polar surface area (TPSA) is 81.7 Å². The van der Waals surface area contributed by atoms with E-state index in [-0.39, 0.29) is 44.5 Å². The van der Waals surface area contributed by atoms with Crippen molar-refractivity contribution in [2.24, 2.45) is 5.92 Å². The molecule has 180 valence electrons. The molecule has 1 aliphatic heterocycles. The number of hydrogen-bond donors (Lipinski definition) is 1. The molecule has 1 fully saturated rings. The van der Waals surface area contributed by atoms with Gasteiger partial charge in [-0.2, -0.15) is 0 Å². The van der Waals surface area contributed by atoms with Gasteiger partial charge in [0.1, 0.15) is 21.6 Å². The van der Waals surface area contributed by atoms with Crippen molar-refractivity contribution in [1.29, 1.82) is 0 Å². The molecule has 2 aliphatic carbocycles. The second-order valence-electron chi connectivity index (χ2n) is 9.43. The van der Waals surface area contributed by atoms with Crippen molar-refractivity contribution in [3.05, 3.63) is 79.5 Å². The lowest BCUT2D eigenvalue weighted by atomic mass is 9.63. The van der Waals surface area contributed by atoms with Crippen LogP contribution in [0.5, 0.6) is 11.5 Å². The van der Waals surface area contributed by atoms with Gasteiger partial charge in [0.05, 0.1) is 13.2 Å². The highest BCUT2D eigenvalue weighted by molar-refractivity contribution is 9.11. The molecule has 0 amide bonds. The lowest BCUT2D eigenvalue weighted by molar-refractivity contribution is 0.231. The zero-order chi connectivity index (χ0) is 24.3. The number of allylic oxidation sites excluding steroid dienone is 4. The van der Waals surface area contributed by atoms with Crippen LogP contribution in [0.4, 0.5) is 0 Å². The van der Waals surface area contributed by atoms with Crippen LogP contribution in [0.3, 0.4) is 0 Å². The second-order valence-corrected chi connectivity index (χ2v) is 11.4. The predicted octanol–water partition coefficient (Wildman–Crippen LogP) is 6.04. The Hall–Kier alpha value is -2.71. The second kappa shape index (κ2) is 8.45. The number of fused-ring (bicyclic) bond motifs is 6. The van der Waals surface area contributed by atoms with E-state index in [2.05, 4.69) is 28.1 Å². The number of pyridine rings is 1. The van der Waals surface area contributed by atoms with Gasteiger partial charge in [0.25, 0.3) is 5.56 Å². The first kappa shape index (κ1) is 22.7. The molecule has 1 spiro atoms. The van der Waals surface area contributed by atoms with E-state index in [4.69, 9.17) is 9.15 Å². The summed E-state index contributed by atoms with van der Waals surface area (Å²) in [5.74, 6) is 0.495. The first-order valence-corrected chi connectivity index (χ1v) is 13.4. The fraction of sp³-hybridized carbons (Fsp3) is 0.333. The van der Waals surface area contributed by atoms with Gasteiger partial charge in [-0.3, -0.25) is 4.79 Å². The van der Waals surface area contributed by atoms with Crippen molar-refractivity contribution in [2.75, 3.05) is 7.11 Å². The van der Waals surface area contributed by atoms with Crippen molar-refractivity contribution >= 4 is 38.7 Å². The molecule has 3 heterocycles. The SMILES string of the molecule is COc1ccc(Sc2c(O)c3c(=O)n4c(cc3oc2=O)C2(CCCCC2)C2C=C(Br)C=CC24)cc1. The monoisotopic (exact) mass is 553 g/mol. The zero-order valence-electron chi connectivity index (χ0n) is 19.1. The maximum atomic E-state index is 14.0. The quantitative estimate of drug-likeness (QED) is 0.425. The van der Waals surface area contributed by atoms with Gasteiger partial charge in [0.15, 0.2) is 5.75 Å². The van der Waals surface area contributed by atoms with Crippen LogP contribution in [0.15, 0.2) is 76.8 Å². The van der Waals surface area contributed by atoms with Gasteiger partial charge < -0.3 is 18.8 Å². The summed E-state index contributed by atoms with van der Waals surface area (Å²) in [6.07, 6.45) is 11.6. The van der Waals surface area contributed by atoms with E-state index in [1.165, 1.54) is 6.42 Å². The lowest BCUT2D eigenvalue weighted by Gasteiger charge is -2.39. The highest BCUT2D eigenvalue weighted by Gasteiger charge is 2.52. The van der Waals surface area contributed by atoms with E-state index < -0.39 is 5.63 Å². The highest BCUT2D eigenvalue weighted by Crippen LogP contribution is 2.56. The molecule has 1 saturated carbocycles. The average Bonchev–Trinajstić information content (AvgIpc) is 3.11. The van der Waals surface area contributed by atoms with Crippen LogP contribution in [0.2, 0.25) is 0 Å². The third-order valence-electron chi connectivity index (χ3n) is 7.68. The smallest absolute Gasteiger partial charge is 0.354 e. The van der Waals surface area contributed by atoms with Gasteiger partial charge in [-0.05, 0) is 37.1 Å². The van der Waals surface area contributed by atoms with E-state index in [0.29, 0.717) is 5.75 Å². The molecule has 2 unspecified atom stereocenters. The molecule has 6 nitrogen and oxygen atoms in total. The maximum absolute atomic E-state index is 14.0. The summed E-state index contributed by atoms with van der Waals surface area (Å²) in [7, 11) is 1.58. The van der Waals surface area contributed by atoms with Crippen LogP contribution in [0.25, 0.3) is 11.0 Å². The van der Waals surface area contributed by atoms with Gasteiger partial charge in [0, 0.05) is 32.5 Å². The molecule has 3 aromatic rings. The standard InChI is InChI=1S/C27H24BrNO5S/c1-33-16-6-8-17(9-7-16)35-24-23(30)22-20(34-26(24)32)14-21-27(11-3-2-4-12-27)18-13-15(28)5-10-19(18)29(21)25(22)31/h5-10,13-14,18-19,30H,2-4,11-12H2,1H3. The molecule has 0 saturated heterocycles. The zero-order valence-corrected chi connectivity index (χ0v) is 21.5. The van der Waals surface area contributed by atoms with Gasteiger partial charge in [-0.15, -0.1) is 0 Å². The van der Waals surface area contributed by atoms with Crippen LogP contribution in [-0.2, 0) is 5.41 Å². The van der Waals surface area contributed by atoms with Gasteiger partial charge in [0.2, 0.25) is 0 Å². The molecular weight excluding hydrogens is 530 g/mol. The number of ether oxygens (including phenoxy) is 1. The Morgan fingerprint density at radius 1 is 1.17 bits per heavy atom. The third-order valence-corrected chi connectivity index (χ3v) is 9.28. The van der Waals surface area contributed by atoms with E-state index in [1.807, 2.05) is 16.7 Å². The fourth-order valence-electron chi connectivity index (χ4n) is 6.10. The number of nitrogens with zero attached hydrogens (tertiary/aromatic N) is 1. The number of halogens is 1. The van der Waals surface area contributed by atoms with Crippen molar-refractivity contribution in [3.8, 4) is 11.5 Å². The summed E-state index contributed by atoms with van der Waals surface area (Å²) in [5.41, 5.74) is -0.103. The van der Waals surface area contributed by atoms with Crippen LogP contribution in [0, 0.1) is 5.92 Å². The molecule has 6 rings (SSSR count). The van der Waals surface area contributed by atoms with Crippen molar-refractivity contribution in [2.45, 2.75) is 53.4 Å². The molecular formula is C27H24BrNO5S. The molecule has 0 radical (unpaired) electrons. The normalized spacial score (nSPS) is 22.2. The summed E-state index contributed by atoms with van der Waals surface area (Å²) < 4.78 is 13.7. The Labute approximate surface area is 214 Å². The number of rotatable bonds is 3. The number of methoxy groups -OCH3 is 1. The summed E-state index contributed by atoms with van der Waals surface area (Å²) in [6, 6.07) is 8.82. The summed E-state index contributed by atoms with van der Waals surface area (Å²) in [4.78, 5) is 27.6. The van der Waals surface area contributed by atoms with Gasteiger partial charge in [-0.25, -0.2) is 4.79 Å². The molecule has 2 atom stereocenters. The van der Waals surface area contributed by atoms with E-state index in [9.17, 15) is 14.7 Å². The molecule has 8 heteroatoms. The minimum atomic E-state index is -0.657. The molecule has 3 aliphatic rings. The number of aromatic nitrogens is 1. The largest absolute Gasteiger partial charge is 0.505 e. The van der Waals surface area contributed by atoms with Crippen LogP contribution < -0.4 is 15.9 Å². The van der Waals surface area contributed by atoms with Crippen molar-refractivity contribution < 1.29 is 14.3 Å². The average molecular weight is 554 g/mol. The third kappa shape index (κ3) is 3.44. The van der Waals surface area contributed by atoms with Crippen LogP contribution in [0.1, 0.15) is 43.8 Å². The maximum Gasteiger partial charge on any atom is 0.354 e. The summed E-state index contributed by atoms with van der Waals surface area (Å²) in [5, 5.41) is 11.2. The Bertz CT molecular complexity index is 1510. The first-order chi connectivity index (χ1) is 16.9. The van der Waals surface area contributed by atoms with Gasteiger partial charge >= 0.3 is 5.63 Å². The first-order valence-electron chi connectivity index (χ1n) is 11.8. The minimum absolute atomic E-state index is 0.00377. The highest BCUT2D eigenvalue weighted by atomic mass is 79.9. The molecule has 1 N–H and O–H groups in total. The van der Waals surface area contributed by atoms with Crippen LogP contribution >= 0.6 is 27.7 Å². The Morgan fingerprint density at radius 3 is 2.63 bits per heavy atom. The van der Waals surface area contributed by atoms with Gasteiger partial charge in [-0.1, -0.05) is 65.2 Å². The summed E-state index contributed by atoms with van der Waals surface area (Å²) in [6.45, 7) is 0. The van der Waals surface area contributed by atoms with Crippen molar-refractivity contribution in [1.82, 2.24) is 4.57 Å². The van der Waals surface area contributed by atoms with E-state index in [1.54, 1.807) is 31.4 Å². The van der Waals surface area contributed by atoms with Crippen LogP contribution in [-0.4, -0.2) is 16.8 Å². The van der Waals surface area contributed by atoms with E-state index in [0.717, 1.165) is 52.5 Å². The Balaban J connectivity index is 1.55. The Morgan fingerprint density at radius 2 is 1.91 bits per heavy atom. The van der Waals surface area contributed by atoms with Crippen molar-refractivity contribution in [3.63, 3.8) is 0 Å². The molecule has 0 bridgehead atoms. The fourth-order valence-corrected chi connectivity index (χ4v) is 7.37. The summed E-state index contributed by atoms with van der Waals surface area (Å²) >= 11 is 4.70. The number of hydrogen-bond acceptors (Lipinski definition) is 6. The lowest BCUT2D eigenvalue weighted by Crippen LogP contribution is -2.34.